The van der Waals surface area contributed by atoms with Gasteiger partial charge in [0.2, 0.25) is 0 Å². The van der Waals surface area contributed by atoms with Crippen LogP contribution in [-0.4, -0.2) is 5.91 Å². The highest BCUT2D eigenvalue weighted by molar-refractivity contribution is 6.05. The van der Waals surface area contributed by atoms with Crippen molar-refractivity contribution in [1.82, 2.24) is 0 Å². The van der Waals surface area contributed by atoms with Crippen LogP contribution in [0, 0.1) is 12.8 Å². The Balaban J connectivity index is 1.88. The molecule has 0 fully saturated rings. The zero-order valence-corrected chi connectivity index (χ0v) is 11.9. The summed E-state index contributed by atoms with van der Waals surface area (Å²) in [6.07, 6.45) is 2.17. The SMILES string of the molecule is Cc1ccccc1C(=O)Nc1cccc2c1CC(C)C2. The van der Waals surface area contributed by atoms with E-state index in [4.69, 9.17) is 0 Å². The first kappa shape index (κ1) is 12.9. The molecule has 2 heteroatoms. The second-order valence-corrected chi connectivity index (χ2v) is 5.73. The van der Waals surface area contributed by atoms with Crippen LogP contribution in [0.1, 0.15) is 34.0 Å². The topological polar surface area (TPSA) is 29.1 Å². The van der Waals surface area contributed by atoms with E-state index in [2.05, 4.69) is 18.3 Å². The molecule has 0 spiro atoms. The van der Waals surface area contributed by atoms with Gasteiger partial charge in [-0.15, -0.1) is 0 Å². The minimum Gasteiger partial charge on any atom is -0.322 e. The molecule has 0 bridgehead atoms. The first-order valence-corrected chi connectivity index (χ1v) is 7.13. The molecule has 2 nitrogen and oxygen atoms in total. The average molecular weight is 265 g/mol. The minimum absolute atomic E-state index is 0.0175. The van der Waals surface area contributed by atoms with Crippen molar-refractivity contribution in [2.24, 2.45) is 5.92 Å². The highest BCUT2D eigenvalue weighted by atomic mass is 16.1. The molecule has 1 aliphatic carbocycles. The molecule has 0 heterocycles. The maximum absolute atomic E-state index is 12.4. The normalized spacial score (nSPS) is 16.8. The number of benzene rings is 2. The van der Waals surface area contributed by atoms with Crippen LogP contribution < -0.4 is 5.32 Å². The second kappa shape index (κ2) is 5.12. The highest BCUT2D eigenvalue weighted by Crippen LogP contribution is 2.32. The van der Waals surface area contributed by atoms with Crippen molar-refractivity contribution in [3.05, 3.63) is 64.7 Å². The number of fused-ring (bicyclic) bond motifs is 1. The number of anilines is 1. The van der Waals surface area contributed by atoms with Gasteiger partial charge in [-0.2, -0.15) is 0 Å². The third-order valence-electron chi connectivity index (χ3n) is 4.03. The number of aryl methyl sites for hydroxylation is 1. The number of hydrogen-bond donors (Lipinski definition) is 1. The molecule has 1 atom stereocenters. The zero-order valence-electron chi connectivity index (χ0n) is 11.9. The molecule has 0 aliphatic heterocycles. The molecule has 2 aromatic carbocycles. The van der Waals surface area contributed by atoms with Crippen molar-refractivity contribution in [3.63, 3.8) is 0 Å². The standard InChI is InChI=1S/C18H19NO/c1-12-10-14-7-5-9-17(16(14)11-12)19-18(20)15-8-4-3-6-13(15)2/h3-9,12H,10-11H2,1-2H3,(H,19,20). The largest absolute Gasteiger partial charge is 0.322 e. The quantitative estimate of drug-likeness (QED) is 0.874. The Labute approximate surface area is 119 Å². The van der Waals surface area contributed by atoms with Crippen molar-refractivity contribution in [2.45, 2.75) is 26.7 Å². The summed E-state index contributed by atoms with van der Waals surface area (Å²) in [5.41, 5.74) is 5.41. The van der Waals surface area contributed by atoms with E-state index in [0.717, 1.165) is 29.7 Å². The Hall–Kier alpha value is -2.09. The van der Waals surface area contributed by atoms with E-state index in [-0.39, 0.29) is 5.91 Å². The fraction of sp³-hybridized carbons (Fsp3) is 0.278. The van der Waals surface area contributed by atoms with Crippen LogP contribution in [0.3, 0.4) is 0 Å². The fourth-order valence-corrected chi connectivity index (χ4v) is 3.00. The molecule has 2 aromatic rings. The van der Waals surface area contributed by atoms with E-state index in [1.807, 2.05) is 43.3 Å². The van der Waals surface area contributed by atoms with Crippen LogP contribution in [0.4, 0.5) is 5.69 Å². The van der Waals surface area contributed by atoms with Crippen molar-refractivity contribution in [2.75, 3.05) is 5.32 Å². The summed E-state index contributed by atoms with van der Waals surface area (Å²) < 4.78 is 0. The summed E-state index contributed by atoms with van der Waals surface area (Å²) in [5.74, 6) is 0.651. The lowest BCUT2D eigenvalue weighted by Crippen LogP contribution is -2.14. The Morgan fingerprint density at radius 3 is 2.70 bits per heavy atom. The molecule has 20 heavy (non-hydrogen) atoms. The molecule has 0 saturated carbocycles. The average Bonchev–Trinajstić information content (AvgIpc) is 2.80. The van der Waals surface area contributed by atoms with E-state index < -0.39 is 0 Å². The van der Waals surface area contributed by atoms with Crippen molar-refractivity contribution >= 4 is 11.6 Å². The van der Waals surface area contributed by atoms with E-state index >= 15 is 0 Å². The molecule has 1 aliphatic rings. The van der Waals surface area contributed by atoms with Crippen LogP contribution in [0.15, 0.2) is 42.5 Å². The Bertz CT molecular complexity index is 660. The van der Waals surface area contributed by atoms with Crippen molar-refractivity contribution in [3.8, 4) is 0 Å². The van der Waals surface area contributed by atoms with Gasteiger partial charge in [-0.1, -0.05) is 37.3 Å². The van der Waals surface area contributed by atoms with Crippen molar-refractivity contribution in [1.29, 1.82) is 0 Å². The highest BCUT2D eigenvalue weighted by Gasteiger charge is 2.21. The number of nitrogens with one attached hydrogen (secondary N) is 1. The zero-order chi connectivity index (χ0) is 14.1. The van der Waals surface area contributed by atoms with Crippen LogP contribution >= 0.6 is 0 Å². The van der Waals surface area contributed by atoms with Crippen LogP contribution in [0.2, 0.25) is 0 Å². The fourth-order valence-electron chi connectivity index (χ4n) is 3.00. The van der Waals surface area contributed by atoms with Gasteiger partial charge in [-0.05, 0) is 54.5 Å². The Morgan fingerprint density at radius 2 is 1.90 bits per heavy atom. The Kier molecular flexibility index (Phi) is 3.31. The molecule has 1 unspecified atom stereocenters. The summed E-state index contributed by atoms with van der Waals surface area (Å²) in [5, 5.41) is 3.08. The molecular formula is C18H19NO. The van der Waals surface area contributed by atoms with Crippen molar-refractivity contribution < 1.29 is 4.79 Å². The number of amides is 1. The van der Waals surface area contributed by atoms with E-state index in [1.165, 1.54) is 11.1 Å². The van der Waals surface area contributed by atoms with Crippen LogP contribution in [0.5, 0.6) is 0 Å². The van der Waals surface area contributed by atoms with Gasteiger partial charge >= 0.3 is 0 Å². The van der Waals surface area contributed by atoms with Gasteiger partial charge in [0.25, 0.3) is 5.91 Å². The number of carbonyl (C=O) groups is 1. The lowest BCUT2D eigenvalue weighted by Gasteiger charge is -2.11. The first-order valence-electron chi connectivity index (χ1n) is 7.13. The smallest absolute Gasteiger partial charge is 0.255 e. The van der Waals surface area contributed by atoms with E-state index in [1.54, 1.807) is 0 Å². The monoisotopic (exact) mass is 265 g/mol. The van der Waals surface area contributed by atoms with Gasteiger partial charge in [-0.25, -0.2) is 0 Å². The first-order chi connectivity index (χ1) is 9.65. The lowest BCUT2D eigenvalue weighted by atomic mass is 10.1. The molecular weight excluding hydrogens is 246 g/mol. The van der Waals surface area contributed by atoms with Gasteiger partial charge in [-0.3, -0.25) is 4.79 Å². The molecule has 0 saturated heterocycles. The molecule has 1 N–H and O–H groups in total. The molecule has 1 amide bonds. The summed E-state index contributed by atoms with van der Waals surface area (Å²) in [6.45, 7) is 4.22. The van der Waals surface area contributed by atoms with Gasteiger partial charge in [0, 0.05) is 11.3 Å². The lowest BCUT2D eigenvalue weighted by molar-refractivity contribution is 0.102. The van der Waals surface area contributed by atoms with Gasteiger partial charge in [0.15, 0.2) is 0 Å². The molecule has 3 rings (SSSR count). The molecule has 0 radical (unpaired) electrons. The maximum Gasteiger partial charge on any atom is 0.255 e. The Morgan fingerprint density at radius 1 is 1.10 bits per heavy atom. The third kappa shape index (κ3) is 2.34. The minimum atomic E-state index is -0.0175. The van der Waals surface area contributed by atoms with Gasteiger partial charge < -0.3 is 5.32 Å². The van der Waals surface area contributed by atoms with E-state index in [0.29, 0.717) is 5.92 Å². The maximum atomic E-state index is 12.4. The van der Waals surface area contributed by atoms with Crippen LogP contribution in [-0.2, 0) is 12.8 Å². The summed E-state index contributed by atoms with van der Waals surface area (Å²) in [7, 11) is 0. The predicted octanol–water partition coefficient (Wildman–Crippen LogP) is 3.98. The second-order valence-electron chi connectivity index (χ2n) is 5.73. The number of carbonyl (C=O) groups excluding carboxylic acids is 1. The van der Waals surface area contributed by atoms with Crippen LogP contribution in [0.25, 0.3) is 0 Å². The molecule has 0 aromatic heterocycles. The van der Waals surface area contributed by atoms with Gasteiger partial charge in [0.05, 0.1) is 0 Å². The third-order valence-corrected chi connectivity index (χ3v) is 4.03. The number of rotatable bonds is 2. The van der Waals surface area contributed by atoms with E-state index in [9.17, 15) is 4.79 Å². The summed E-state index contributed by atoms with van der Waals surface area (Å²) in [6, 6.07) is 13.9. The predicted molar refractivity (Wildman–Crippen MR) is 82.1 cm³/mol. The number of hydrogen-bond acceptors (Lipinski definition) is 1. The summed E-state index contributed by atoms with van der Waals surface area (Å²) >= 11 is 0. The molecule has 102 valence electrons. The summed E-state index contributed by atoms with van der Waals surface area (Å²) in [4.78, 5) is 12.4. The van der Waals surface area contributed by atoms with Gasteiger partial charge in [0.1, 0.15) is 0 Å².